The minimum Gasteiger partial charge on any atom is -0.497 e. The number of ketones is 1. The lowest BCUT2D eigenvalue weighted by Crippen LogP contribution is -2.25. The Morgan fingerprint density at radius 2 is 2.00 bits per heavy atom. The van der Waals surface area contributed by atoms with Gasteiger partial charge in [0.05, 0.1) is 7.11 Å². The molecule has 2 heteroatoms. The Kier molecular flexibility index (Phi) is 2.78. The van der Waals surface area contributed by atoms with E-state index in [0.29, 0.717) is 5.92 Å². The van der Waals surface area contributed by atoms with E-state index in [1.165, 1.54) is 5.57 Å². The fourth-order valence-corrected chi connectivity index (χ4v) is 2.82. The summed E-state index contributed by atoms with van der Waals surface area (Å²) in [5.74, 6) is 1.70. The van der Waals surface area contributed by atoms with Crippen LogP contribution in [0.15, 0.2) is 42.5 Å². The number of carbonyl (C=O) groups excluding carboxylic acids is 1. The summed E-state index contributed by atoms with van der Waals surface area (Å²) in [5.41, 5.74) is 2.33. The van der Waals surface area contributed by atoms with Crippen LogP contribution in [0.3, 0.4) is 0 Å². The fraction of sp³-hybridized carbons (Fsp3) is 0.312. The molecule has 1 aromatic rings. The van der Waals surface area contributed by atoms with Gasteiger partial charge in [0, 0.05) is 5.92 Å². The average Bonchev–Trinajstić information content (AvgIpc) is 2.44. The third-order valence-corrected chi connectivity index (χ3v) is 3.85. The first-order chi connectivity index (χ1) is 8.78. The number of hydrogen-bond acceptors (Lipinski definition) is 2. The predicted octanol–water partition coefficient (Wildman–Crippen LogP) is 3.24. The minimum atomic E-state index is 0.0575. The van der Waals surface area contributed by atoms with Gasteiger partial charge in [0.15, 0.2) is 5.78 Å². The normalized spacial score (nSPS) is 25.8. The van der Waals surface area contributed by atoms with Gasteiger partial charge in [-0.2, -0.15) is 0 Å². The number of ether oxygens (including phenoxy) is 1. The molecular weight excluding hydrogens is 224 g/mol. The summed E-state index contributed by atoms with van der Waals surface area (Å²) < 4.78 is 5.16. The van der Waals surface area contributed by atoms with E-state index in [1.807, 2.05) is 24.3 Å². The Hall–Kier alpha value is -1.83. The first kappa shape index (κ1) is 11.3. The summed E-state index contributed by atoms with van der Waals surface area (Å²) in [4.78, 5) is 12.0. The lowest BCUT2D eigenvalue weighted by molar-refractivity contribution is -0.117. The van der Waals surface area contributed by atoms with Crippen molar-refractivity contribution in [2.75, 3.05) is 7.11 Å². The second-order valence-electron chi connectivity index (χ2n) is 4.93. The molecule has 92 valence electrons. The zero-order valence-electron chi connectivity index (χ0n) is 10.4. The SMILES string of the molecule is COc1ccc(C2=CC[C@@H]3C=CC(=O)[C@H]2C3)cc1. The number of rotatable bonds is 2. The van der Waals surface area contributed by atoms with Crippen LogP contribution in [-0.2, 0) is 4.79 Å². The molecule has 0 fully saturated rings. The molecule has 2 atom stereocenters. The summed E-state index contributed by atoms with van der Waals surface area (Å²) in [6, 6.07) is 7.98. The van der Waals surface area contributed by atoms with E-state index in [9.17, 15) is 4.79 Å². The number of fused-ring (bicyclic) bond motifs is 2. The molecule has 0 aromatic heterocycles. The standard InChI is InChI=1S/C16H16O2/c1-18-13-6-4-12(5-7-13)14-8-2-11-3-9-16(17)15(14)10-11/h3-9,11,15H,2,10H2,1H3/t11-,15+/m1/s1. The molecule has 0 amide bonds. The molecule has 0 aliphatic heterocycles. The van der Waals surface area contributed by atoms with Gasteiger partial charge in [-0.15, -0.1) is 0 Å². The molecule has 0 heterocycles. The monoisotopic (exact) mass is 240 g/mol. The number of methoxy groups -OCH3 is 1. The van der Waals surface area contributed by atoms with Crippen LogP contribution in [0.2, 0.25) is 0 Å². The maximum atomic E-state index is 12.0. The molecule has 0 spiro atoms. The molecule has 3 rings (SSSR count). The van der Waals surface area contributed by atoms with Crippen molar-refractivity contribution in [3.63, 3.8) is 0 Å². The van der Waals surface area contributed by atoms with Crippen LogP contribution in [0, 0.1) is 11.8 Å². The van der Waals surface area contributed by atoms with Crippen LogP contribution in [0.5, 0.6) is 5.75 Å². The molecule has 0 radical (unpaired) electrons. The molecule has 2 nitrogen and oxygen atoms in total. The Morgan fingerprint density at radius 1 is 1.22 bits per heavy atom. The number of benzene rings is 1. The molecule has 0 N–H and O–H groups in total. The summed E-state index contributed by atoms with van der Waals surface area (Å²) >= 11 is 0. The molecular formula is C16H16O2. The third kappa shape index (κ3) is 1.88. The van der Waals surface area contributed by atoms with E-state index < -0.39 is 0 Å². The smallest absolute Gasteiger partial charge is 0.162 e. The predicted molar refractivity (Wildman–Crippen MR) is 71.3 cm³/mol. The van der Waals surface area contributed by atoms with Crippen LogP contribution in [0.4, 0.5) is 0 Å². The van der Waals surface area contributed by atoms with Gasteiger partial charge < -0.3 is 4.74 Å². The molecule has 1 aromatic carbocycles. The molecule has 2 aliphatic carbocycles. The van der Waals surface area contributed by atoms with Crippen molar-refractivity contribution >= 4 is 11.4 Å². The van der Waals surface area contributed by atoms with Gasteiger partial charge in [-0.1, -0.05) is 24.3 Å². The number of carbonyl (C=O) groups is 1. The van der Waals surface area contributed by atoms with Crippen molar-refractivity contribution in [3.05, 3.63) is 48.1 Å². The van der Waals surface area contributed by atoms with E-state index in [2.05, 4.69) is 12.2 Å². The highest BCUT2D eigenvalue weighted by atomic mass is 16.5. The second kappa shape index (κ2) is 4.45. The van der Waals surface area contributed by atoms with Crippen LogP contribution in [0.1, 0.15) is 18.4 Å². The topological polar surface area (TPSA) is 26.3 Å². The maximum absolute atomic E-state index is 12.0. The van der Waals surface area contributed by atoms with Crippen molar-refractivity contribution in [2.45, 2.75) is 12.8 Å². The summed E-state index contributed by atoms with van der Waals surface area (Å²) in [6.45, 7) is 0. The van der Waals surface area contributed by atoms with Gasteiger partial charge in [0.25, 0.3) is 0 Å². The number of hydrogen-bond donors (Lipinski definition) is 0. The molecule has 2 aliphatic rings. The van der Waals surface area contributed by atoms with Gasteiger partial charge in [0.2, 0.25) is 0 Å². The highest BCUT2D eigenvalue weighted by Gasteiger charge is 2.31. The zero-order chi connectivity index (χ0) is 12.5. The third-order valence-electron chi connectivity index (χ3n) is 3.85. The lowest BCUT2D eigenvalue weighted by Gasteiger charge is -2.30. The highest BCUT2D eigenvalue weighted by molar-refractivity contribution is 6.01. The number of allylic oxidation sites excluding steroid dienone is 4. The summed E-state index contributed by atoms with van der Waals surface area (Å²) in [5, 5.41) is 0. The van der Waals surface area contributed by atoms with Gasteiger partial charge in [-0.05, 0) is 48.1 Å². The lowest BCUT2D eigenvalue weighted by atomic mass is 9.73. The van der Waals surface area contributed by atoms with E-state index in [4.69, 9.17) is 4.74 Å². The fourth-order valence-electron chi connectivity index (χ4n) is 2.82. The van der Waals surface area contributed by atoms with Crippen LogP contribution < -0.4 is 4.74 Å². The zero-order valence-corrected chi connectivity index (χ0v) is 10.4. The minimum absolute atomic E-state index is 0.0575. The second-order valence-corrected chi connectivity index (χ2v) is 4.93. The highest BCUT2D eigenvalue weighted by Crippen LogP contribution is 2.39. The Balaban J connectivity index is 1.93. The molecule has 0 saturated heterocycles. The molecule has 0 unspecified atom stereocenters. The first-order valence-electron chi connectivity index (χ1n) is 6.34. The van der Waals surface area contributed by atoms with E-state index in [1.54, 1.807) is 13.2 Å². The van der Waals surface area contributed by atoms with Crippen molar-refractivity contribution in [3.8, 4) is 5.75 Å². The van der Waals surface area contributed by atoms with E-state index in [-0.39, 0.29) is 11.7 Å². The van der Waals surface area contributed by atoms with Crippen molar-refractivity contribution in [1.29, 1.82) is 0 Å². The Bertz CT molecular complexity index is 523. The van der Waals surface area contributed by atoms with Crippen molar-refractivity contribution < 1.29 is 9.53 Å². The van der Waals surface area contributed by atoms with E-state index in [0.717, 1.165) is 24.2 Å². The first-order valence-corrected chi connectivity index (χ1v) is 6.34. The molecule has 0 saturated carbocycles. The average molecular weight is 240 g/mol. The van der Waals surface area contributed by atoms with Gasteiger partial charge in [-0.3, -0.25) is 4.79 Å². The van der Waals surface area contributed by atoms with Crippen molar-refractivity contribution in [1.82, 2.24) is 0 Å². The quantitative estimate of drug-likeness (QED) is 0.793. The summed E-state index contributed by atoms with van der Waals surface area (Å²) in [7, 11) is 1.66. The van der Waals surface area contributed by atoms with Crippen LogP contribution in [0.25, 0.3) is 5.57 Å². The maximum Gasteiger partial charge on any atom is 0.162 e. The largest absolute Gasteiger partial charge is 0.497 e. The van der Waals surface area contributed by atoms with Gasteiger partial charge in [0.1, 0.15) is 5.75 Å². The van der Waals surface area contributed by atoms with Gasteiger partial charge in [-0.25, -0.2) is 0 Å². The van der Waals surface area contributed by atoms with Crippen molar-refractivity contribution in [2.24, 2.45) is 11.8 Å². The van der Waals surface area contributed by atoms with Gasteiger partial charge >= 0.3 is 0 Å². The van der Waals surface area contributed by atoms with Crippen LogP contribution in [-0.4, -0.2) is 12.9 Å². The molecule has 2 bridgehead atoms. The summed E-state index contributed by atoms with van der Waals surface area (Å²) in [6.07, 6.45) is 8.05. The Morgan fingerprint density at radius 3 is 2.72 bits per heavy atom. The van der Waals surface area contributed by atoms with Crippen LogP contribution >= 0.6 is 0 Å². The van der Waals surface area contributed by atoms with E-state index >= 15 is 0 Å². The Labute approximate surface area is 107 Å². The molecule has 18 heavy (non-hydrogen) atoms.